The minimum absolute atomic E-state index is 0.253. The van der Waals surface area contributed by atoms with Crippen molar-refractivity contribution in [3.05, 3.63) is 93.4 Å². The second-order valence-electron chi connectivity index (χ2n) is 6.68. The molecule has 1 atom stereocenters. The number of nitrogens with one attached hydrogen (secondary N) is 3. The Bertz CT molecular complexity index is 1120. The van der Waals surface area contributed by atoms with Gasteiger partial charge in [-0.25, -0.2) is 0 Å². The molecule has 0 bridgehead atoms. The quantitative estimate of drug-likeness (QED) is 0.418. The summed E-state index contributed by atoms with van der Waals surface area (Å²) in [5, 5.41) is 3.28. The van der Waals surface area contributed by atoms with Crippen molar-refractivity contribution in [2.45, 2.75) is 13.0 Å². The summed E-state index contributed by atoms with van der Waals surface area (Å²) in [4.78, 5) is 36.7. The van der Waals surface area contributed by atoms with Gasteiger partial charge in [-0.15, -0.1) is 0 Å². The van der Waals surface area contributed by atoms with Gasteiger partial charge in [-0.2, -0.15) is 0 Å². The molecule has 0 heterocycles. The van der Waals surface area contributed by atoms with Crippen molar-refractivity contribution in [3.8, 4) is 5.75 Å². The Morgan fingerprint density at radius 3 is 2.19 bits per heavy atom. The summed E-state index contributed by atoms with van der Waals surface area (Å²) in [6.07, 6.45) is -0.872. The fraction of sp³-hybridized carbons (Fsp3) is 0.0870. The highest BCUT2D eigenvalue weighted by Gasteiger charge is 2.17. The summed E-state index contributed by atoms with van der Waals surface area (Å²) < 4.78 is 6.18. The van der Waals surface area contributed by atoms with Gasteiger partial charge in [0.05, 0.1) is 4.47 Å². The molecule has 3 aromatic carbocycles. The topological polar surface area (TPSA) is 96.5 Å². The van der Waals surface area contributed by atoms with E-state index in [-0.39, 0.29) is 5.91 Å². The third-order valence-electron chi connectivity index (χ3n) is 4.31. The van der Waals surface area contributed by atoms with Gasteiger partial charge in [-0.3, -0.25) is 25.2 Å². The van der Waals surface area contributed by atoms with Crippen molar-refractivity contribution in [2.75, 3.05) is 5.32 Å². The maximum absolute atomic E-state index is 12.3. The van der Waals surface area contributed by atoms with E-state index in [0.29, 0.717) is 32.1 Å². The lowest BCUT2D eigenvalue weighted by Crippen LogP contribution is -2.47. The summed E-state index contributed by atoms with van der Waals surface area (Å²) >= 11 is 9.20. The van der Waals surface area contributed by atoms with Gasteiger partial charge in [0.2, 0.25) is 0 Å². The number of carbonyl (C=O) groups excluding carboxylic acids is 3. The van der Waals surface area contributed by atoms with E-state index in [0.717, 1.165) is 0 Å². The molecule has 0 radical (unpaired) electrons. The van der Waals surface area contributed by atoms with Gasteiger partial charge in [0.1, 0.15) is 5.75 Å². The van der Waals surface area contributed by atoms with E-state index >= 15 is 0 Å². The zero-order chi connectivity index (χ0) is 23.1. The van der Waals surface area contributed by atoms with Crippen molar-refractivity contribution in [1.82, 2.24) is 10.9 Å². The van der Waals surface area contributed by atoms with E-state index in [4.69, 9.17) is 16.3 Å². The van der Waals surface area contributed by atoms with Gasteiger partial charge in [0, 0.05) is 21.8 Å². The van der Waals surface area contributed by atoms with E-state index in [9.17, 15) is 14.4 Å². The van der Waals surface area contributed by atoms with Crippen LogP contribution in [0, 0.1) is 0 Å². The molecule has 0 aliphatic heterocycles. The van der Waals surface area contributed by atoms with E-state index in [2.05, 4.69) is 32.1 Å². The van der Waals surface area contributed by atoms with Gasteiger partial charge >= 0.3 is 0 Å². The fourth-order valence-electron chi connectivity index (χ4n) is 2.60. The third-order valence-corrected chi connectivity index (χ3v) is 5.16. The first-order valence-electron chi connectivity index (χ1n) is 9.52. The van der Waals surface area contributed by atoms with Crippen molar-refractivity contribution >= 4 is 50.9 Å². The first kappa shape index (κ1) is 23.3. The molecule has 164 valence electrons. The summed E-state index contributed by atoms with van der Waals surface area (Å²) in [6, 6.07) is 20.0. The number of hydrogen-bond donors (Lipinski definition) is 3. The first-order chi connectivity index (χ1) is 15.3. The number of ether oxygens (including phenoxy) is 1. The lowest BCUT2D eigenvalue weighted by molar-refractivity contribution is -0.128. The van der Waals surface area contributed by atoms with Crippen LogP contribution >= 0.6 is 27.5 Å². The van der Waals surface area contributed by atoms with Crippen LogP contribution in [0.2, 0.25) is 5.02 Å². The van der Waals surface area contributed by atoms with Crippen LogP contribution in [-0.2, 0) is 4.79 Å². The number of anilines is 1. The summed E-state index contributed by atoms with van der Waals surface area (Å²) in [5.74, 6) is -0.862. The van der Waals surface area contributed by atoms with E-state index in [1.165, 1.54) is 12.1 Å². The van der Waals surface area contributed by atoms with Crippen molar-refractivity contribution in [3.63, 3.8) is 0 Å². The molecule has 32 heavy (non-hydrogen) atoms. The van der Waals surface area contributed by atoms with Crippen LogP contribution in [0.15, 0.2) is 77.3 Å². The number of benzene rings is 3. The van der Waals surface area contributed by atoms with E-state index in [1.807, 2.05) is 6.07 Å². The van der Waals surface area contributed by atoms with Crippen LogP contribution in [0.1, 0.15) is 27.6 Å². The van der Waals surface area contributed by atoms with Crippen LogP contribution in [0.3, 0.4) is 0 Å². The summed E-state index contributed by atoms with van der Waals surface area (Å²) in [6.45, 7) is 1.55. The van der Waals surface area contributed by atoms with Crippen molar-refractivity contribution in [1.29, 1.82) is 0 Å². The predicted molar refractivity (Wildman–Crippen MR) is 126 cm³/mol. The van der Waals surface area contributed by atoms with Gasteiger partial charge in [-0.05, 0) is 77.5 Å². The minimum Gasteiger partial charge on any atom is -0.480 e. The van der Waals surface area contributed by atoms with Crippen LogP contribution in [0.25, 0.3) is 0 Å². The molecule has 3 amide bonds. The summed E-state index contributed by atoms with van der Waals surface area (Å²) in [7, 11) is 0. The molecule has 3 aromatic rings. The second-order valence-corrected chi connectivity index (χ2v) is 7.97. The molecule has 7 nitrogen and oxygen atoms in total. The molecule has 3 N–H and O–H groups in total. The molecular formula is C23H19BrClN3O4. The molecule has 0 fully saturated rings. The maximum atomic E-state index is 12.3. The average Bonchev–Trinajstić information content (AvgIpc) is 2.80. The predicted octanol–water partition coefficient (Wildman–Crippen LogP) is 4.58. The number of halogens is 2. The number of hydrogen-bond acceptors (Lipinski definition) is 4. The zero-order valence-corrected chi connectivity index (χ0v) is 19.2. The molecule has 0 spiro atoms. The normalized spacial score (nSPS) is 11.2. The van der Waals surface area contributed by atoms with Crippen LogP contribution in [0.5, 0.6) is 5.75 Å². The molecule has 9 heteroatoms. The number of rotatable bonds is 6. The zero-order valence-electron chi connectivity index (χ0n) is 16.9. The highest BCUT2D eigenvalue weighted by Crippen LogP contribution is 2.28. The standard InChI is InChI=1S/C23H19BrClN3O4/c1-14(32-20-12-9-17(25)13-19(20)24)21(29)27-28-23(31)16-7-10-18(11-8-16)26-22(30)15-5-3-2-4-6-15/h2-14H,1H3,(H,26,30)(H,27,29)(H,28,31). The second kappa shape index (κ2) is 10.8. The molecule has 0 aromatic heterocycles. The Labute approximate surface area is 198 Å². The monoisotopic (exact) mass is 515 g/mol. The van der Waals surface area contributed by atoms with Crippen LogP contribution < -0.4 is 20.9 Å². The molecule has 0 saturated heterocycles. The number of amides is 3. The Morgan fingerprint density at radius 2 is 1.53 bits per heavy atom. The number of hydrazine groups is 1. The van der Waals surface area contributed by atoms with E-state index < -0.39 is 17.9 Å². The Hall–Kier alpha value is -3.36. The Kier molecular flexibility index (Phi) is 7.86. The van der Waals surface area contributed by atoms with Crippen LogP contribution in [-0.4, -0.2) is 23.8 Å². The van der Waals surface area contributed by atoms with Gasteiger partial charge in [0.25, 0.3) is 17.7 Å². The molecule has 3 rings (SSSR count). The minimum atomic E-state index is -0.872. The first-order valence-corrected chi connectivity index (χ1v) is 10.7. The van der Waals surface area contributed by atoms with Crippen molar-refractivity contribution in [2.24, 2.45) is 0 Å². The largest absolute Gasteiger partial charge is 0.480 e. The fourth-order valence-corrected chi connectivity index (χ4v) is 3.38. The molecule has 1 unspecified atom stereocenters. The average molecular weight is 517 g/mol. The van der Waals surface area contributed by atoms with Crippen molar-refractivity contribution < 1.29 is 19.1 Å². The Morgan fingerprint density at radius 1 is 0.875 bits per heavy atom. The van der Waals surface area contributed by atoms with Gasteiger partial charge in [0.15, 0.2) is 6.10 Å². The van der Waals surface area contributed by atoms with Gasteiger partial charge in [-0.1, -0.05) is 29.8 Å². The molecule has 0 aliphatic carbocycles. The molecule has 0 aliphatic rings. The van der Waals surface area contributed by atoms with Crippen LogP contribution in [0.4, 0.5) is 5.69 Å². The lowest BCUT2D eigenvalue weighted by atomic mass is 10.1. The highest BCUT2D eigenvalue weighted by molar-refractivity contribution is 9.10. The number of carbonyl (C=O) groups is 3. The Balaban J connectivity index is 1.50. The smallest absolute Gasteiger partial charge is 0.279 e. The molecular weight excluding hydrogens is 498 g/mol. The van der Waals surface area contributed by atoms with Gasteiger partial charge < -0.3 is 10.1 Å². The highest BCUT2D eigenvalue weighted by atomic mass is 79.9. The molecule has 0 saturated carbocycles. The SMILES string of the molecule is CC(Oc1ccc(Cl)cc1Br)C(=O)NNC(=O)c1ccc(NC(=O)c2ccccc2)cc1. The third kappa shape index (κ3) is 6.32. The van der Waals surface area contributed by atoms with E-state index in [1.54, 1.807) is 61.5 Å². The lowest BCUT2D eigenvalue weighted by Gasteiger charge is -2.16. The maximum Gasteiger partial charge on any atom is 0.279 e. The summed E-state index contributed by atoms with van der Waals surface area (Å²) in [5.41, 5.74) is 6.03.